The summed E-state index contributed by atoms with van der Waals surface area (Å²) < 4.78 is 0. The fourth-order valence-electron chi connectivity index (χ4n) is 3.07. The van der Waals surface area contributed by atoms with Crippen LogP contribution in [0, 0.1) is 6.92 Å². The zero-order valence-electron chi connectivity index (χ0n) is 16.6. The van der Waals surface area contributed by atoms with Gasteiger partial charge in [0.25, 0.3) is 0 Å². The summed E-state index contributed by atoms with van der Waals surface area (Å²) in [4.78, 5) is 12.2. The molecule has 1 aromatic heterocycles. The third-order valence-electron chi connectivity index (χ3n) is 4.58. The number of benzene rings is 3. The highest BCUT2D eigenvalue weighted by atomic mass is 32.2. The molecule has 0 fully saturated rings. The fraction of sp³-hybridized carbons (Fsp3) is 0.0800. The first kappa shape index (κ1) is 19.9. The molecule has 0 saturated heterocycles. The number of aryl methyl sites for hydroxylation is 1. The molecule has 0 aliphatic heterocycles. The lowest BCUT2D eigenvalue weighted by Gasteiger charge is -2.06. The van der Waals surface area contributed by atoms with E-state index in [2.05, 4.69) is 51.9 Å². The SMILES string of the molecule is Cc1cccc(NC(=O)CSc2ccc(-c3ccc(-c4ccccc4)cc3)nn2)c1. The number of carbonyl (C=O) groups is 1. The molecule has 0 bridgehead atoms. The van der Waals surface area contributed by atoms with E-state index in [1.807, 2.05) is 61.5 Å². The molecule has 0 radical (unpaired) electrons. The van der Waals surface area contributed by atoms with Crippen molar-refractivity contribution >= 4 is 23.4 Å². The van der Waals surface area contributed by atoms with Crippen LogP contribution in [0.5, 0.6) is 0 Å². The molecular weight excluding hydrogens is 390 g/mol. The van der Waals surface area contributed by atoms with Gasteiger partial charge in [-0.25, -0.2) is 0 Å². The largest absolute Gasteiger partial charge is 0.325 e. The minimum Gasteiger partial charge on any atom is -0.325 e. The van der Waals surface area contributed by atoms with Gasteiger partial charge in [-0.15, -0.1) is 10.2 Å². The van der Waals surface area contributed by atoms with Crippen LogP contribution < -0.4 is 5.32 Å². The van der Waals surface area contributed by atoms with Crippen LogP contribution in [-0.2, 0) is 4.79 Å². The Morgan fingerprint density at radius 3 is 2.23 bits per heavy atom. The average molecular weight is 412 g/mol. The highest BCUT2D eigenvalue weighted by molar-refractivity contribution is 7.99. The number of hydrogen-bond acceptors (Lipinski definition) is 4. The molecule has 148 valence electrons. The van der Waals surface area contributed by atoms with Crippen LogP contribution in [0.1, 0.15) is 5.56 Å². The minimum absolute atomic E-state index is 0.0621. The summed E-state index contributed by atoms with van der Waals surface area (Å²) in [5.74, 6) is 0.223. The Hall–Kier alpha value is -3.44. The van der Waals surface area contributed by atoms with Gasteiger partial charge in [0.05, 0.1) is 11.4 Å². The molecule has 0 atom stereocenters. The number of anilines is 1. The molecule has 1 amide bonds. The number of amides is 1. The van der Waals surface area contributed by atoms with E-state index < -0.39 is 0 Å². The van der Waals surface area contributed by atoms with Crippen molar-refractivity contribution in [2.24, 2.45) is 0 Å². The van der Waals surface area contributed by atoms with Gasteiger partial charge in [-0.2, -0.15) is 0 Å². The van der Waals surface area contributed by atoms with Crippen LogP contribution in [0.2, 0.25) is 0 Å². The predicted octanol–water partition coefficient (Wildman–Crippen LogP) is 5.85. The molecular formula is C25H21N3OS. The zero-order chi connectivity index (χ0) is 20.8. The Balaban J connectivity index is 1.35. The van der Waals surface area contributed by atoms with Gasteiger partial charge in [-0.05, 0) is 47.9 Å². The Labute approximate surface area is 180 Å². The molecule has 0 saturated carbocycles. The molecule has 0 aliphatic rings. The second-order valence-electron chi connectivity index (χ2n) is 6.91. The maximum absolute atomic E-state index is 12.2. The summed E-state index contributed by atoms with van der Waals surface area (Å²) in [6, 6.07) is 30.1. The number of nitrogens with one attached hydrogen (secondary N) is 1. The van der Waals surface area contributed by atoms with Crippen molar-refractivity contribution in [3.05, 3.63) is 96.6 Å². The second-order valence-corrected chi connectivity index (χ2v) is 7.90. The van der Waals surface area contributed by atoms with E-state index in [9.17, 15) is 4.79 Å². The maximum atomic E-state index is 12.2. The molecule has 3 aromatic carbocycles. The van der Waals surface area contributed by atoms with Crippen LogP contribution in [0.15, 0.2) is 96.0 Å². The number of thioether (sulfide) groups is 1. The van der Waals surface area contributed by atoms with Gasteiger partial charge in [0.1, 0.15) is 5.03 Å². The lowest BCUT2D eigenvalue weighted by molar-refractivity contribution is -0.113. The first-order valence-electron chi connectivity index (χ1n) is 9.66. The highest BCUT2D eigenvalue weighted by Crippen LogP contribution is 2.24. The van der Waals surface area contributed by atoms with Crippen molar-refractivity contribution in [2.75, 3.05) is 11.1 Å². The number of aromatic nitrogens is 2. The van der Waals surface area contributed by atoms with Crippen LogP contribution >= 0.6 is 11.8 Å². The lowest BCUT2D eigenvalue weighted by Crippen LogP contribution is -2.14. The van der Waals surface area contributed by atoms with E-state index >= 15 is 0 Å². The van der Waals surface area contributed by atoms with Gasteiger partial charge in [-0.1, -0.05) is 78.5 Å². The fourth-order valence-corrected chi connectivity index (χ4v) is 3.69. The molecule has 0 aliphatic carbocycles. The van der Waals surface area contributed by atoms with Crippen molar-refractivity contribution in [3.8, 4) is 22.4 Å². The summed E-state index contributed by atoms with van der Waals surface area (Å²) in [5.41, 5.74) is 6.09. The Kier molecular flexibility index (Phi) is 6.20. The molecule has 4 rings (SSSR count). The molecule has 30 heavy (non-hydrogen) atoms. The summed E-state index contributed by atoms with van der Waals surface area (Å²) in [7, 11) is 0. The third-order valence-corrected chi connectivity index (χ3v) is 5.50. The molecule has 5 heteroatoms. The van der Waals surface area contributed by atoms with Crippen molar-refractivity contribution in [1.82, 2.24) is 10.2 Å². The third kappa shape index (κ3) is 5.13. The molecule has 0 spiro atoms. The lowest BCUT2D eigenvalue weighted by atomic mass is 10.0. The highest BCUT2D eigenvalue weighted by Gasteiger charge is 2.07. The predicted molar refractivity (Wildman–Crippen MR) is 123 cm³/mol. The Morgan fingerprint density at radius 2 is 1.53 bits per heavy atom. The zero-order valence-corrected chi connectivity index (χ0v) is 17.4. The minimum atomic E-state index is -0.0621. The summed E-state index contributed by atoms with van der Waals surface area (Å²) in [6.07, 6.45) is 0. The van der Waals surface area contributed by atoms with Crippen molar-refractivity contribution in [1.29, 1.82) is 0 Å². The average Bonchev–Trinajstić information content (AvgIpc) is 2.79. The quantitative estimate of drug-likeness (QED) is 0.404. The van der Waals surface area contributed by atoms with Gasteiger partial charge >= 0.3 is 0 Å². The van der Waals surface area contributed by atoms with Gasteiger partial charge < -0.3 is 5.32 Å². The Bertz CT molecular complexity index is 1130. The van der Waals surface area contributed by atoms with Gasteiger partial charge in [0.15, 0.2) is 0 Å². The summed E-state index contributed by atoms with van der Waals surface area (Å²) in [5, 5.41) is 12.2. The first-order valence-corrected chi connectivity index (χ1v) is 10.6. The standard InChI is InChI=1S/C25H21N3OS/c1-18-6-5-9-22(16-18)26-24(29)17-30-25-15-14-23(27-28-25)21-12-10-20(11-13-21)19-7-3-2-4-8-19/h2-16H,17H2,1H3,(H,26,29). The molecule has 0 unspecified atom stereocenters. The van der Waals surface area contributed by atoms with Crippen LogP contribution in [0.4, 0.5) is 5.69 Å². The van der Waals surface area contributed by atoms with E-state index in [1.54, 1.807) is 0 Å². The van der Waals surface area contributed by atoms with E-state index in [1.165, 1.54) is 22.9 Å². The van der Waals surface area contributed by atoms with Gasteiger partial charge in [-0.3, -0.25) is 4.79 Å². The van der Waals surface area contributed by atoms with Crippen LogP contribution in [0.3, 0.4) is 0 Å². The molecule has 4 aromatic rings. The van der Waals surface area contributed by atoms with Crippen LogP contribution in [-0.4, -0.2) is 21.9 Å². The number of rotatable bonds is 6. The number of nitrogens with zero attached hydrogens (tertiary/aromatic N) is 2. The van der Waals surface area contributed by atoms with Gasteiger partial charge in [0, 0.05) is 11.3 Å². The molecule has 4 nitrogen and oxygen atoms in total. The molecule has 1 N–H and O–H groups in total. The van der Waals surface area contributed by atoms with E-state index in [4.69, 9.17) is 0 Å². The van der Waals surface area contributed by atoms with Crippen molar-refractivity contribution in [2.45, 2.75) is 11.9 Å². The first-order chi connectivity index (χ1) is 14.7. The van der Waals surface area contributed by atoms with E-state index in [0.717, 1.165) is 27.5 Å². The maximum Gasteiger partial charge on any atom is 0.234 e. The summed E-state index contributed by atoms with van der Waals surface area (Å²) >= 11 is 1.37. The van der Waals surface area contributed by atoms with Crippen molar-refractivity contribution < 1.29 is 4.79 Å². The topological polar surface area (TPSA) is 54.9 Å². The van der Waals surface area contributed by atoms with E-state index in [0.29, 0.717) is 0 Å². The van der Waals surface area contributed by atoms with Crippen LogP contribution in [0.25, 0.3) is 22.4 Å². The summed E-state index contributed by atoms with van der Waals surface area (Å²) in [6.45, 7) is 2.00. The van der Waals surface area contributed by atoms with E-state index in [-0.39, 0.29) is 11.7 Å². The van der Waals surface area contributed by atoms with Crippen molar-refractivity contribution in [3.63, 3.8) is 0 Å². The monoisotopic (exact) mass is 411 g/mol. The smallest absolute Gasteiger partial charge is 0.234 e. The number of carbonyl (C=O) groups excluding carboxylic acids is 1. The number of hydrogen-bond donors (Lipinski definition) is 1. The second kappa shape index (κ2) is 9.37. The Morgan fingerprint density at radius 1 is 0.800 bits per heavy atom. The van der Waals surface area contributed by atoms with Gasteiger partial charge in [0.2, 0.25) is 5.91 Å². The molecule has 1 heterocycles. The normalized spacial score (nSPS) is 10.6.